The van der Waals surface area contributed by atoms with Gasteiger partial charge >= 0.3 is 0 Å². The maximum absolute atomic E-state index is 6.05. The summed E-state index contributed by atoms with van der Waals surface area (Å²) in [4.78, 5) is 0. The quantitative estimate of drug-likeness (QED) is 0.535. The van der Waals surface area contributed by atoms with E-state index in [1.807, 2.05) is 36.4 Å². The van der Waals surface area contributed by atoms with Gasteiger partial charge in [0.2, 0.25) is 4.77 Å². The van der Waals surface area contributed by atoms with Crippen molar-refractivity contribution in [2.75, 3.05) is 0 Å². The predicted molar refractivity (Wildman–Crippen MR) is 96.1 cm³/mol. The standard InChI is InChI=1S/C17H15ClN4OS/c1-10-7-14(10)15-6-5-13(23-15)9-19-22-16(20-21-17(22)24)11-3-2-4-12(18)8-11/h2-6,8-10,14H,7H2,1H3,(H,21,24)/b19-9-/t10-,14-/m0/s1. The van der Waals surface area contributed by atoms with E-state index in [1.165, 1.54) is 6.42 Å². The molecule has 0 spiro atoms. The van der Waals surface area contributed by atoms with Gasteiger partial charge in [-0.3, -0.25) is 0 Å². The first kappa shape index (κ1) is 15.4. The van der Waals surface area contributed by atoms with Crippen molar-refractivity contribution >= 4 is 30.0 Å². The Hall–Kier alpha value is -2.18. The van der Waals surface area contributed by atoms with E-state index in [1.54, 1.807) is 10.9 Å². The molecule has 2 aromatic heterocycles. The number of H-pyrrole nitrogens is 1. The molecule has 0 unspecified atom stereocenters. The summed E-state index contributed by atoms with van der Waals surface area (Å²) in [5.41, 5.74) is 0.832. The van der Waals surface area contributed by atoms with Crippen LogP contribution in [0.25, 0.3) is 11.4 Å². The highest BCUT2D eigenvalue weighted by Gasteiger charge is 2.36. The van der Waals surface area contributed by atoms with Crippen LogP contribution in [0, 0.1) is 10.7 Å². The SMILES string of the molecule is C[C@H]1C[C@@H]1c1ccc(/C=N\n2c(-c3cccc(Cl)c3)n[nH]c2=S)o1. The van der Waals surface area contributed by atoms with Crippen LogP contribution in [-0.2, 0) is 0 Å². The van der Waals surface area contributed by atoms with Gasteiger partial charge in [0.1, 0.15) is 11.5 Å². The van der Waals surface area contributed by atoms with Crippen LogP contribution in [0.3, 0.4) is 0 Å². The molecular formula is C17H15ClN4OS. The van der Waals surface area contributed by atoms with Crippen LogP contribution in [-0.4, -0.2) is 21.1 Å². The second-order valence-electron chi connectivity index (χ2n) is 5.98. The lowest BCUT2D eigenvalue weighted by atomic mass is 10.2. The van der Waals surface area contributed by atoms with Crippen molar-refractivity contribution in [3.63, 3.8) is 0 Å². The molecule has 2 atom stereocenters. The minimum Gasteiger partial charge on any atom is -0.460 e. The predicted octanol–water partition coefficient (Wildman–Crippen LogP) is 4.86. The fourth-order valence-electron chi connectivity index (χ4n) is 2.68. The zero-order valence-electron chi connectivity index (χ0n) is 12.9. The Labute approximate surface area is 149 Å². The zero-order valence-corrected chi connectivity index (χ0v) is 14.5. The number of nitrogens with one attached hydrogen (secondary N) is 1. The minimum absolute atomic E-state index is 0.406. The minimum atomic E-state index is 0.406. The molecule has 1 aliphatic rings. The van der Waals surface area contributed by atoms with Crippen LogP contribution in [0.15, 0.2) is 45.9 Å². The molecule has 5 nitrogen and oxygen atoms in total. The fourth-order valence-corrected chi connectivity index (χ4v) is 3.05. The fraction of sp³-hybridized carbons (Fsp3) is 0.235. The van der Waals surface area contributed by atoms with Gasteiger partial charge in [-0.05, 0) is 48.8 Å². The van der Waals surface area contributed by atoms with Crippen LogP contribution in [0.1, 0.15) is 30.8 Å². The second kappa shape index (κ2) is 6.03. The molecular weight excluding hydrogens is 344 g/mol. The number of benzene rings is 1. The second-order valence-corrected chi connectivity index (χ2v) is 6.80. The number of hydrogen-bond donors (Lipinski definition) is 1. The molecule has 1 fully saturated rings. The van der Waals surface area contributed by atoms with Crippen LogP contribution in [0.4, 0.5) is 0 Å². The molecule has 0 amide bonds. The third kappa shape index (κ3) is 2.95. The van der Waals surface area contributed by atoms with Gasteiger partial charge in [-0.25, -0.2) is 5.10 Å². The van der Waals surface area contributed by atoms with E-state index in [4.69, 9.17) is 28.2 Å². The number of aromatic amines is 1. The average Bonchev–Trinajstić information content (AvgIpc) is 2.97. The maximum Gasteiger partial charge on any atom is 0.216 e. The van der Waals surface area contributed by atoms with Gasteiger partial charge in [0.15, 0.2) is 5.82 Å². The average molecular weight is 359 g/mol. The first-order valence-corrected chi connectivity index (χ1v) is 8.48. The number of nitrogens with zero attached hydrogens (tertiary/aromatic N) is 3. The van der Waals surface area contributed by atoms with Crippen molar-refractivity contribution < 1.29 is 4.42 Å². The molecule has 0 saturated heterocycles. The van der Waals surface area contributed by atoms with E-state index < -0.39 is 0 Å². The number of aromatic nitrogens is 3. The summed E-state index contributed by atoms with van der Waals surface area (Å²) in [7, 11) is 0. The van der Waals surface area contributed by atoms with Gasteiger partial charge in [-0.2, -0.15) is 14.9 Å². The molecule has 1 aliphatic carbocycles. The van der Waals surface area contributed by atoms with Crippen molar-refractivity contribution in [1.29, 1.82) is 0 Å². The lowest BCUT2D eigenvalue weighted by molar-refractivity contribution is 0.500. The molecule has 122 valence electrons. The van der Waals surface area contributed by atoms with Crippen molar-refractivity contribution in [3.05, 3.63) is 57.7 Å². The van der Waals surface area contributed by atoms with Gasteiger partial charge in [-0.15, -0.1) is 0 Å². The van der Waals surface area contributed by atoms with Crippen molar-refractivity contribution in [2.24, 2.45) is 11.0 Å². The van der Waals surface area contributed by atoms with Crippen LogP contribution in [0.2, 0.25) is 5.02 Å². The molecule has 1 aromatic carbocycles. The monoisotopic (exact) mass is 358 g/mol. The van der Waals surface area contributed by atoms with E-state index in [2.05, 4.69) is 22.2 Å². The Kier molecular flexibility index (Phi) is 3.86. The van der Waals surface area contributed by atoms with Gasteiger partial charge in [0.05, 0.1) is 6.21 Å². The number of furan rings is 1. The number of halogens is 1. The smallest absolute Gasteiger partial charge is 0.216 e. The molecule has 7 heteroatoms. The third-order valence-corrected chi connectivity index (χ3v) is 4.66. The van der Waals surface area contributed by atoms with Gasteiger partial charge < -0.3 is 4.42 Å². The van der Waals surface area contributed by atoms with Gasteiger partial charge in [0, 0.05) is 16.5 Å². The summed E-state index contributed by atoms with van der Waals surface area (Å²) in [6.45, 7) is 2.23. The summed E-state index contributed by atoms with van der Waals surface area (Å²) < 4.78 is 7.80. The van der Waals surface area contributed by atoms with Crippen LogP contribution in [0.5, 0.6) is 0 Å². The van der Waals surface area contributed by atoms with Crippen LogP contribution < -0.4 is 0 Å². The molecule has 0 bridgehead atoms. The van der Waals surface area contributed by atoms with E-state index >= 15 is 0 Å². The van der Waals surface area contributed by atoms with E-state index in [9.17, 15) is 0 Å². The van der Waals surface area contributed by atoms with E-state index in [0.717, 1.165) is 11.3 Å². The summed E-state index contributed by atoms with van der Waals surface area (Å²) >= 11 is 11.3. The highest BCUT2D eigenvalue weighted by Crippen LogP contribution is 2.47. The molecule has 1 N–H and O–H groups in total. The zero-order chi connectivity index (χ0) is 16.7. The highest BCUT2D eigenvalue weighted by atomic mass is 35.5. The molecule has 4 rings (SSSR count). The van der Waals surface area contributed by atoms with Crippen LogP contribution >= 0.6 is 23.8 Å². The van der Waals surface area contributed by atoms with Gasteiger partial charge in [-0.1, -0.05) is 30.7 Å². The molecule has 0 aliphatic heterocycles. The Morgan fingerprint density at radius 1 is 1.42 bits per heavy atom. The summed E-state index contributed by atoms with van der Waals surface area (Å²) in [6.07, 6.45) is 2.84. The van der Waals surface area contributed by atoms with Crippen molar-refractivity contribution in [1.82, 2.24) is 14.9 Å². The Balaban J connectivity index is 1.64. The first-order valence-electron chi connectivity index (χ1n) is 7.69. The van der Waals surface area contributed by atoms with Crippen molar-refractivity contribution in [2.45, 2.75) is 19.3 Å². The Morgan fingerprint density at radius 2 is 2.25 bits per heavy atom. The molecule has 2 heterocycles. The first-order chi connectivity index (χ1) is 11.6. The normalized spacial score (nSPS) is 19.9. The maximum atomic E-state index is 6.05. The summed E-state index contributed by atoms with van der Waals surface area (Å²) in [6, 6.07) is 11.3. The lowest BCUT2D eigenvalue weighted by Gasteiger charge is -2.01. The van der Waals surface area contributed by atoms with Crippen molar-refractivity contribution in [3.8, 4) is 11.4 Å². The van der Waals surface area contributed by atoms with Gasteiger partial charge in [0.25, 0.3) is 0 Å². The summed E-state index contributed by atoms with van der Waals surface area (Å²) in [5.74, 6) is 3.57. The molecule has 24 heavy (non-hydrogen) atoms. The molecule has 0 radical (unpaired) electrons. The van der Waals surface area contributed by atoms with E-state index in [0.29, 0.717) is 33.2 Å². The molecule has 3 aromatic rings. The third-order valence-electron chi connectivity index (χ3n) is 4.16. The topological polar surface area (TPSA) is 59.1 Å². The molecule has 1 saturated carbocycles. The Bertz CT molecular complexity index is 971. The highest BCUT2D eigenvalue weighted by molar-refractivity contribution is 7.71. The largest absolute Gasteiger partial charge is 0.460 e. The Morgan fingerprint density at radius 3 is 3.00 bits per heavy atom. The lowest BCUT2D eigenvalue weighted by Crippen LogP contribution is -1.94. The number of hydrogen-bond acceptors (Lipinski definition) is 4. The summed E-state index contributed by atoms with van der Waals surface area (Å²) in [5, 5.41) is 12.0. The van der Waals surface area contributed by atoms with E-state index in [-0.39, 0.29) is 0 Å². The number of rotatable bonds is 4.